The third-order valence-corrected chi connectivity index (χ3v) is 13.1. The minimum atomic E-state index is -0.773. The van der Waals surface area contributed by atoms with E-state index in [2.05, 4.69) is 57.2 Å². The lowest BCUT2D eigenvalue weighted by Gasteiger charge is -2.18. The molecule has 0 aliphatic rings. The molecule has 0 rings (SSSR count). The molecule has 0 aromatic rings. The largest absolute Gasteiger partial charge is 0.462 e. The molecular weight excluding hydrogens is 829 g/mol. The molecule has 0 heterocycles. The summed E-state index contributed by atoms with van der Waals surface area (Å²) in [6, 6.07) is 0. The minimum absolute atomic E-state index is 0.0717. The van der Waals surface area contributed by atoms with Crippen molar-refractivity contribution in [1.29, 1.82) is 0 Å². The smallest absolute Gasteiger partial charge is 0.306 e. The van der Waals surface area contributed by atoms with E-state index in [0.717, 1.165) is 70.6 Å². The van der Waals surface area contributed by atoms with E-state index in [1.165, 1.54) is 205 Å². The van der Waals surface area contributed by atoms with Gasteiger partial charge in [-0.1, -0.05) is 256 Å². The molecule has 0 spiro atoms. The summed E-state index contributed by atoms with van der Waals surface area (Å²) in [5, 5.41) is 0. The summed E-state index contributed by atoms with van der Waals surface area (Å²) in [5.41, 5.74) is 0. The van der Waals surface area contributed by atoms with E-state index >= 15 is 0 Å². The zero-order valence-corrected chi connectivity index (χ0v) is 44.9. The highest BCUT2D eigenvalue weighted by Crippen LogP contribution is 2.16. The van der Waals surface area contributed by atoms with Crippen LogP contribution in [0.15, 0.2) is 36.5 Å². The second kappa shape index (κ2) is 56.2. The van der Waals surface area contributed by atoms with Gasteiger partial charge in [-0.05, 0) is 77.0 Å². The van der Waals surface area contributed by atoms with Gasteiger partial charge in [-0.3, -0.25) is 14.4 Å². The first-order valence-corrected chi connectivity index (χ1v) is 29.5. The lowest BCUT2D eigenvalue weighted by atomic mass is 10.0. The highest BCUT2D eigenvalue weighted by molar-refractivity contribution is 5.71. The van der Waals surface area contributed by atoms with Crippen molar-refractivity contribution in [2.75, 3.05) is 13.2 Å². The Kier molecular flexibility index (Phi) is 54.2. The Hall–Kier alpha value is -2.37. The van der Waals surface area contributed by atoms with Gasteiger partial charge < -0.3 is 14.2 Å². The molecule has 0 unspecified atom stereocenters. The second-order valence-corrected chi connectivity index (χ2v) is 19.9. The van der Waals surface area contributed by atoms with Crippen LogP contribution in [0.25, 0.3) is 0 Å². The van der Waals surface area contributed by atoms with Crippen molar-refractivity contribution in [1.82, 2.24) is 0 Å². The number of hydrogen-bond donors (Lipinski definition) is 0. The normalized spacial score (nSPS) is 12.2. The molecule has 0 N–H and O–H groups in total. The van der Waals surface area contributed by atoms with Gasteiger partial charge in [0.25, 0.3) is 0 Å². The van der Waals surface area contributed by atoms with Gasteiger partial charge in [-0.15, -0.1) is 0 Å². The topological polar surface area (TPSA) is 78.9 Å². The van der Waals surface area contributed by atoms with Crippen LogP contribution in [-0.2, 0) is 28.6 Å². The zero-order chi connectivity index (χ0) is 48.6. The molecule has 0 bridgehead atoms. The molecule has 0 aromatic heterocycles. The Morgan fingerprint density at radius 1 is 0.299 bits per heavy atom. The predicted octanol–water partition coefficient (Wildman–Crippen LogP) is 19.7. The molecule has 0 aromatic carbocycles. The number of esters is 3. The van der Waals surface area contributed by atoms with Crippen LogP contribution in [0, 0.1) is 0 Å². The monoisotopic (exact) mass is 941 g/mol. The maximum absolute atomic E-state index is 12.9. The fourth-order valence-electron chi connectivity index (χ4n) is 8.65. The third kappa shape index (κ3) is 54.4. The van der Waals surface area contributed by atoms with Crippen LogP contribution in [0.3, 0.4) is 0 Å². The maximum Gasteiger partial charge on any atom is 0.306 e. The Morgan fingerprint density at radius 2 is 0.537 bits per heavy atom. The summed E-state index contributed by atoms with van der Waals surface area (Å²) in [6.07, 6.45) is 67.0. The van der Waals surface area contributed by atoms with Crippen molar-refractivity contribution in [3.8, 4) is 0 Å². The van der Waals surface area contributed by atoms with Crippen LogP contribution >= 0.6 is 0 Å². The van der Waals surface area contributed by atoms with Crippen molar-refractivity contribution in [3.63, 3.8) is 0 Å². The molecule has 0 radical (unpaired) electrons. The average molecular weight is 942 g/mol. The zero-order valence-electron chi connectivity index (χ0n) is 44.9. The van der Waals surface area contributed by atoms with Gasteiger partial charge in [0, 0.05) is 19.3 Å². The molecule has 6 heteroatoms. The van der Waals surface area contributed by atoms with Gasteiger partial charge in [-0.25, -0.2) is 0 Å². The molecule has 0 aliphatic carbocycles. The fraction of sp³-hybridized carbons (Fsp3) is 0.852. The van der Waals surface area contributed by atoms with Gasteiger partial charge >= 0.3 is 17.9 Å². The Bertz CT molecular complexity index is 1130. The van der Waals surface area contributed by atoms with Crippen LogP contribution in [0.1, 0.15) is 316 Å². The highest BCUT2D eigenvalue weighted by atomic mass is 16.6. The molecule has 0 aliphatic heterocycles. The van der Waals surface area contributed by atoms with E-state index in [1.807, 2.05) is 0 Å². The molecule has 392 valence electrons. The van der Waals surface area contributed by atoms with Crippen molar-refractivity contribution in [3.05, 3.63) is 36.5 Å². The van der Waals surface area contributed by atoms with Gasteiger partial charge in [-0.2, -0.15) is 0 Å². The van der Waals surface area contributed by atoms with Crippen molar-refractivity contribution < 1.29 is 28.6 Å². The molecule has 1 atom stereocenters. The molecule has 0 amide bonds. The van der Waals surface area contributed by atoms with Crippen LogP contribution in [0.4, 0.5) is 0 Å². The number of rotatable bonds is 54. The summed E-state index contributed by atoms with van der Waals surface area (Å²) in [6.45, 7) is 6.64. The van der Waals surface area contributed by atoms with Gasteiger partial charge in [0.1, 0.15) is 13.2 Å². The first-order valence-electron chi connectivity index (χ1n) is 29.5. The maximum atomic E-state index is 12.9. The summed E-state index contributed by atoms with van der Waals surface area (Å²) in [5.74, 6) is -0.864. The highest BCUT2D eigenvalue weighted by Gasteiger charge is 2.19. The van der Waals surface area contributed by atoms with Crippen LogP contribution in [0.2, 0.25) is 0 Å². The van der Waals surface area contributed by atoms with E-state index in [4.69, 9.17) is 14.2 Å². The Morgan fingerprint density at radius 3 is 0.866 bits per heavy atom. The van der Waals surface area contributed by atoms with E-state index in [0.29, 0.717) is 19.3 Å². The van der Waals surface area contributed by atoms with Gasteiger partial charge in [0.15, 0.2) is 6.10 Å². The number of ether oxygens (including phenoxy) is 3. The molecule has 67 heavy (non-hydrogen) atoms. The van der Waals surface area contributed by atoms with E-state index in [-0.39, 0.29) is 31.1 Å². The van der Waals surface area contributed by atoms with Gasteiger partial charge in [0.2, 0.25) is 0 Å². The summed E-state index contributed by atoms with van der Waals surface area (Å²) in [4.78, 5) is 38.2. The fourth-order valence-corrected chi connectivity index (χ4v) is 8.65. The van der Waals surface area contributed by atoms with E-state index in [9.17, 15) is 14.4 Å². The van der Waals surface area contributed by atoms with Crippen LogP contribution in [-0.4, -0.2) is 37.2 Å². The second-order valence-electron chi connectivity index (χ2n) is 19.9. The quantitative estimate of drug-likeness (QED) is 0.0262. The number of carbonyl (C=O) groups excluding carboxylic acids is 3. The lowest BCUT2D eigenvalue weighted by Crippen LogP contribution is -2.30. The van der Waals surface area contributed by atoms with Crippen molar-refractivity contribution in [2.45, 2.75) is 322 Å². The molecule has 0 fully saturated rings. The van der Waals surface area contributed by atoms with Gasteiger partial charge in [0.05, 0.1) is 0 Å². The number of unbranched alkanes of at least 4 members (excludes halogenated alkanes) is 37. The minimum Gasteiger partial charge on any atom is -0.462 e. The molecular formula is C61H112O6. The molecule has 6 nitrogen and oxygen atoms in total. The average Bonchev–Trinajstić information content (AvgIpc) is 3.33. The number of hydrogen-bond acceptors (Lipinski definition) is 6. The predicted molar refractivity (Wildman–Crippen MR) is 289 cm³/mol. The van der Waals surface area contributed by atoms with Crippen LogP contribution in [0.5, 0.6) is 0 Å². The third-order valence-electron chi connectivity index (χ3n) is 13.1. The number of allylic oxidation sites excluding steroid dienone is 6. The first-order chi connectivity index (χ1) is 33.0. The summed E-state index contributed by atoms with van der Waals surface area (Å²) >= 11 is 0. The van der Waals surface area contributed by atoms with E-state index in [1.54, 1.807) is 0 Å². The lowest BCUT2D eigenvalue weighted by molar-refractivity contribution is -0.167. The first kappa shape index (κ1) is 64.6. The summed E-state index contributed by atoms with van der Waals surface area (Å²) in [7, 11) is 0. The van der Waals surface area contributed by atoms with Crippen molar-refractivity contribution >= 4 is 17.9 Å². The molecule has 0 saturated carbocycles. The SMILES string of the molecule is CCCCC/C=C\C/C=C\CCCCCCCCCC(=O)OC[C@H](COC(=O)CCCCCCCCCCCCCCC)OC(=O)CCCCCCCCCCC/C=C\CCCCCCCC. The number of carbonyl (C=O) groups is 3. The van der Waals surface area contributed by atoms with Crippen molar-refractivity contribution in [2.24, 2.45) is 0 Å². The molecule has 0 saturated heterocycles. The standard InChI is InChI=1S/C61H112O6/c1-4-7-10-13-16-19-22-25-27-29-30-32-34-37-40-43-46-49-52-55-61(64)67-58(56-65-59(62)53-50-47-44-41-38-35-24-21-18-15-12-9-6-3)57-66-60(63)54-51-48-45-42-39-36-33-31-28-26-23-20-17-14-11-8-5-2/h17,20,25-28,58H,4-16,18-19,21-24,29-57H2,1-3H3/b20-17-,27-25-,28-26-/t58-/m0/s1. The Labute approximate surface area is 416 Å². The summed E-state index contributed by atoms with van der Waals surface area (Å²) < 4.78 is 16.9. The van der Waals surface area contributed by atoms with E-state index < -0.39 is 6.10 Å². The van der Waals surface area contributed by atoms with Crippen LogP contribution < -0.4 is 0 Å². The Balaban J connectivity index is 4.34.